The van der Waals surface area contributed by atoms with Crippen LogP contribution in [0.2, 0.25) is 5.02 Å². The molecule has 1 atom stereocenters. The Balaban J connectivity index is 2.00. The molecule has 19 heavy (non-hydrogen) atoms. The quantitative estimate of drug-likeness (QED) is 0.852. The Morgan fingerprint density at radius 2 is 2.00 bits per heavy atom. The van der Waals surface area contributed by atoms with Crippen molar-refractivity contribution in [3.8, 4) is 6.07 Å². The lowest BCUT2D eigenvalue weighted by Gasteiger charge is -2.27. The van der Waals surface area contributed by atoms with Gasteiger partial charge in [-0.15, -0.1) is 0 Å². The first-order valence-electron chi connectivity index (χ1n) is 6.21. The molecule has 0 aromatic heterocycles. The molecule has 1 heterocycles. The molecule has 0 N–H and O–H groups in total. The smallest absolute Gasteiger partial charge is 0.224 e. The predicted octanol–water partition coefficient (Wildman–Crippen LogP) is 2.20. The lowest BCUT2D eigenvalue weighted by atomic mass is 9.96. The first kappa shape index (κ1) is 13.9. The van der Waals surface area contributed by atoms with Crippen LogP contribution in [0.4, 0.5) is 0 Å². The molecule has 1 aromatic rings. The molecule has 0 radical (unpaired) electrons. The number of nitriles is 1. The third kappa shape index (κ3) is 3.69. The maximum atomic E-state index is 12.1. The molecular weight excluding hydrogens is 264 g/mol. The second-order valence-corrected chi connectivity index (χ2v) is 4.87. The van der Waals surface area contributed by atoms with Crippen molar-refractivity contribution in [1.82, 2.24) is 4.90 Å². The van der Waals surface area contributed by atoms with Crippen molar-refractivity contribution in [2.75, 3.05) is 26.3 Å². The van der Waals surface area contributed by atoms with E-state index in [4.69, 9.17) is 16.3 Å². The zero-order valence-electron chi connectivity index (χ0n) is 10.5. The normalized spacial score (nSPS) is 16.7. The van der Waals surface area contributed by atoms with Crippen LogP contribution in [0.1, 0.15) is 17.9 Å². The first-order valence-corrected chi connectivity index (χ1v) is 6.59. The summed E-state index contributed by atoms with van der Waals surface area (Å²) in [6.45, 7) is 2.36. The molecule has 1 aliphatic rings. The van der Waals surface area contributed by atoms with Crippen molar-refractivity contribution >= 4 is 17.5 Å². The van der Waals surface area contributed by atoms with Gasteiger partial charge < -0.3 is 9.64 Å². The number of carbonyl (C=O) groups is 1. The summed E-state index contributed by atoms with van der Waals surface area (Å²) in [5.74, 6) is -0.419. The second-order valence-electron chi connectivity index (χ2n) is 4.43. The highest BCUT2D eigenvalue weighted by Crippen LogP contribution is 2.22. The third-order valence-corrected chi connectivity index (χ3v) is 3.42. The molecule has 0 spiro atoms. The van der Waals surface area contributed by atoms with E-state index in [1.807, 2.05) is 0 Å². The number of hydrogen-bond donors (Lipinski definition) is 0. The molecular formula is C14H15ClN2O2. The van der Waals surface area contributed by atoms with Crippen LogP contribution >= 0.6 is 11.6 Å². The van der Waals surface area contributed by atoms with E-state index in [-0.39, 0.29) is 12.3 Å². The summed E-state index contributed by atoms with van der Waals surface area (Å²) in [5, 5.41) is 9.84. The fraction of sp³-hybridized carbons (Fsp3) is 0.429. The minimum absolute atomic E-state index is 0.00444. The van der Waals surface area contributed by atoms with E-state index in [0.717, 1.165) is 5.56 Å². The van der Waals surface area contributed by atoms with Gasteiger partial charge in [0.15, 0.2) is 0 Å². The van der Waals surface area contributed by atoms with E-state index in [9.17, 15) is 10.1 Å². The number of benzene rings is 1. The van der Waals surface area contributed by atoms with Crippen LogP contribution in [0.15, 0.2) is 24.3 Å². The zero-order valence-corrected chi connectivity index (χ0v) is 11.3. The molecule has 2 rings (SSSR count). The lowest BCUT2D eigenvalue weighted by Crippen LogP contribution is -2.41. The third-order valence-electron chi connectivity index (χ3n) is 3.17. The standard InChI is InChI=1S/C14H15ClN2O2/c15-13-3-1-11(2-4-13)12(10-16)9-14(18)17-5-7-19-8-6-17/h1-4,12H,5-9H2. The molecule has 1 amide bonds. The van der Waals surface area contributed by atoms with Gasteiger partial charge in [-0.1, -0.05) is 23.7 Å². The molecule has 1 unspecified atom stereocenters. The number of halogens is 1. The van der Waals surface area contributed by atoms with Gasteiger partial charge >= 0.3 is 0 Å². The van der Waals surface area contributed by atoms with Crippen LogP contribution < -0.4 is 0 Å². The average Bonchev–Trinajstić information content (AvgIpc) is 2.46. The second kappa shape index (κ2) is 6.55. The number of hydrogen-bond acceptors (Lipinski definition) is 3. The summed E-state index contributed by atoms with van der Waals surface area (Å²) in [4.78, 5) is 13.9. The molecule has 5 heteroatoms. The van der Waals surface area contributed by atoms with Gasteiger partial charge in [0, 0.05) is 24.5 Å². The Morgan fingerprint density at radius 1 is 1.37 bits per heavy atom. The number of rotatable bonds is 3. The summed E-state index contributed by atoms with van der Waals surface area (Å²) in [6, 6.07) is 9.25. The van der Waals surface area contributed by atoms with Crippen molar-refractivity contribution in [3.63, 3.8) is 0 Å². The van der Waals surface area contributed by atoms with Crippen LogP contribution in [0, 0.1) is 11.3 Å². The maximum Gasteiger partial charge on any atom is 0.224 e. The summed E-state index contributed by atoms with van der Waals surface area (Å²) in [5.41, 5.74) is 0.827. The van der Waals surface area contributed by atoms with Crippen LogP contribution in [0.3, 0.4) is 0 Å². The Hall–Kier alpha value is -1.57. The molecule has 1 aliphatic heterocycles. The van der Waals surface area contributed by atoms with Crippen LogP contribution in [0.5, 0.6) is 0 Å². The van der Waals surface area contributed by atoms with Gasteiger partial charge in [0.05, 0.1) is 25.2 Å². The predicted molar refractivity (Wildman–Crippen MR) is 71.8 cm³/mol. The van der Waals surface area contributed by atoms with Crippen LogP contribution in [-0.2, 0) is 9.53 Å². The molecule has 100 valence electrons. The van der Waals surface area contributed by atoms with Crippen molar-refractivity contribution < 1.29 is 9.53 Å². The number of morpholine rings is 1. The monoisotopic (exact) mass is 278 g/mol. The number of nitrogens with zero attached hydrogens (tertiary/aromatic N) is 2. The number of amides is 1. The van der Waals surface area contributed by atoms with E-state index in [1.54, 1.807) is 29.2 Å². The van der Waals surface area contributed by atoms with Crippen LogP contribution in [-0.4, -0.2) is 37.1 Å². The lowest BCUT2D eigenvalue weighted by molar-refractivity contribution is -0.135. The van der Waals surface area contributed by atoms with Gasteiger partial charge in [0.2, 0.25) is 5.91 Å². The summed E-state index contributed by atoms with van der Waals surface area (Å²) < 4.78 is 5.21. The van der Waals surface area contributed by atoms with E-state index >= 15 is 0 Å². The summed E-state index contributed by atoms with van der Waals surface area (Å²) in [7, 11) is 0. The topological polar surface area (TPSA) is 53.3 Å². The fourth-order valence-corrected chi connectivity index (χ4v) is 2.18. The summed E-state index contributed by atoms with van der Waals surface area (Å²) >= 11 is 5.82. The Bertz CT molecular complexity index is 475. The highest BCUT2D eigenvalue weighted by Gasteiger charge is 2.21. The minimum Gasteiger partial charge on any atom is -0.378 e. The van der Waals surface area contributed by atoms with E-state index in [2.05, 4.69) is 6.07 Å². The molecule has 0 aliphatic carbocycles. The number of ether oxygens (including phenoxy) is 1. The highest BCUT2D eigenvalue weighted by molar-refractivity contribution is 6.30. The molecule has 1 aromatic carbocycles. The van der Waals surface area contributed by atoms with Crippen molar-refractivity contribution in [3.05, 3.63) is 34.9 Å². The fourth-order valence-electron chi connectivity index (χ4n) is 2.05. The zero-order chi connectivity index (χ0) is 13.7. The molecule has 0 saturated carbocycles. The van der Waals surface area contributed by atoms with Crippen molar-refractivity contribution in [2.24, 2.45) is 0 Å². The van der Waals surface area contributed by atoms with E-state index in [1.165, 1.54) is 0 Å². The Kier molecular flexibility index (Phi) is 4.78. The average molecular weight is 279 g/mol. The Labute approximate surface area is 117 Å². The van der Waals surface area contributed by atoms with Gasteiger partial charge in [-0.2, -0.15) is 5.26 Å². The van der Waals surface area contributed by atoms with Gasteiger partial charge in [-0.3, -0.25) is 4.79 Å². The van der Waals surface area contributed by atoms with Crippen LogP contribution in [0.25, 0.3) is 0 Å². The number of carbonyl (C=O) groups excluding carboxylic acids is 1. The minimum atomic E-state index is -0.424. The highest BCUT2D eigenvalue weighted by atomic mass is 35.5. The van der Waals surface area contributed by atoms with Gasteiger partial charge in [0.1, 0.15) is 0 Å². The van der Waals surface area contributed by atoms with E-state index < -0.39 is 5.92 Å². The van der Waals surface area contributed by atoms with E-state index in [0.29, 0.717) is 31.3 Å². The van der Waals surface area contributed by atoms with Crippen molar-refractivity contribution in [1.29, 1.82) is 5.26 Å². The molecule has 1 fully saturated rings. The maximum absolute atomic E-state index is 12.1. The largest absolute Gasteiger partial charge is 0.378 e. The van der Waals surface area contributed by atoms with Gasteiger partial charge in [0.25, 0.3) is 0 Å². The van der Waals surface area contributed by atoms with Gasteiger partial charge in [-0.25, -0.2) is 0 Å². The van der Waals surface area contributed by atoms with Gasteiger partial charge in [-0.05, 0) is 17.7 Å². The Morgan fingerprint density at radius 3 is 2.58 bits per heavy atom. The SMILES string of the molecule is N#CC(CC(=O)N1CCOCC1)c1ccc(Cl)cc1. The first-order chi connectivity index (χ1) is 9.20. The molecule has 0 bridgehead atoms. The molecule has 1 saturated heterocycles. The summed E-state index contributed by atoms with van der Waals surface area (Å²) in [6.07, 6.45) is 0.206. The van der Waals surface area contributed by atoms with Crippen molar-refractivity contribution in [2.45, 2.75) is 12.3 Å². The molecule has 4 nitrogen and oxygen atoms in total.